The molecule has 1 aromatic rings. The van der Waals surface area contributed by atoms with Gasteiger partial charge in [-0.2, -0.15) is 0 Å². The summed E-state index contributed by atoms with van der Waals surface area (Å²) < 4.78 is 5.48. The molecule has 21 heavy (non-hydrogen) atoms. The maximum atomic E-state index is 9.78. The number of nitrogens with one attached hydrogen (secondary N) is 3. The predicted octanol–water partition coefficient (Wildman–Crippen LogP) is -0.846. The van der Waals surface area contributed by atoms with Crippen LogP contribution in [0.5, 0.6) is 5.75 Å². The van der Waals surface area contributed by atoms with E-state index < -0.39 is 6.10 Å². The molecular formula is C15H28N4O2. The standard InChI is InChI=1S/C15H28N4O2/c16-6-7-17-8-9-18-10-11-19-12-14(20)13-21-15-4-2-1-3-5-15/h1-5,14,17-20H,6-13,16H2. The number of nitrogens with two attached hydrogens (primary N) is 1. The van der Waals surface area contributed by atoms with Crippen LogP contribution >= 0.6 is 0 Å². The molecule has 0 aromatic heterocycles. The van der Waals surface area contributed by atoms with Crippen molar-refractivity contribution in [2.75, 3.05) is 52.4 Å². The lowest BCUT2D eigenvalue weighted by Crippen LogP contribution is -2.37. The Labute approximate surface area is 127 Å². The van der Waals surface area contributed by atoms with Gasteiger partial charge >= 0.3 is 0 Å². The maximum absolute atomic E-state index is 9.78. The van der Waals surface area contributed by atoms with Gasteiger partial charge in [0.25, 0.3) is 0 Å². The third-order valence-electron chi connectivity index (χ3n) is 2.84. The van der Waals surface area contributed by atoms with Crippen LogP contribution in [0.3, 0.4) is 0 Å². The summed E-state index contributed by atoms with van der Waals surface area (Å²) in [5.74, 6) is 0.781. The van der Waals surface area contributed by atoms with Crippen LogP contribution < -0.4 is 26.4 Å². The molecule has 6 nitrogen and oxygen atoms in total. The molecule has 6 heteroatoms. The van der Waals surface area contributed by atoms with E-state index in [0.29, 0.717) is 19.7 Å². The van der Waals surface area contributed by atoms with Crippen LogP contribution in [-0.2, 0) is 0 Å². The average Bonchev–Trinajstić information content (AvgIpc) is 2.52. The molecule has 0 aliphatic heterocycles. The third-order valence-corrected chi connectivity index (χ3v) is 2.84. The number of aliphatic hydroxyl groups is 1. The first-order valence-electron chi connectivity index (χ1n) is 7.51. The molecule has 0 saturated heterocycles. The molecule has 0 spiro atoms. The van der Waals surface area contributed by atoms with Crippen LogP contribution in [0.25, 0.3) is 0 Å². The molecule has 120 valence electrons. The van der Waals surface area contributed by atoms with Crippen molar-refractivity contribution in [3.63, 3.8) is 0 Å². The van der Waals surface area contributed by atoms with Crippen LogP contribution in [0.2, 0.25) is 0 Å². The van der Waals surface area contributed by atoms with Gasteiger partial charge in [0.2, 0.25) is 0 Å². The second-order valence-corrected chi connectivity index (χ2v) is 4.77. The Bertz CT molecular complexity index is 338. The van der Waals surface area contributed by atoms with E-state index in [4.69, 9.17) is 10.5 Å². The molecule has 6 N–H and O–H groups in total. The van der Waals surface area contributed by atoms with E-state index in [2.05, 4.69) is 16.0 Å². The molecule has 0 fully saturated rings. The first-order valence-corrected chi connectivity index (χ1v) is 7.51. The van der Waals surface area contributed by atoms with Gasteiger partial charge in [-0.3, -0.25) is 0 Å². The van der Waals surface area contributed by atoms with Gasteiger partial charge in [0.1, 0.15) is 18.5 Å². The minimum atomic E-state index is -0.503. The maximum Gasteiger partial charge on any atom is 0.119 e. The minimum absolute atomic E-state index is 0.299. The average molecular weight is 296 g/mol. The zero-order valence-electron chi connectivity index (χ0n) is 12.6. The Morgan fingerprint density at radius 1 is 0.952 bits per heavy atom. The van der Waals surface area contributed by atoms with Crippen LogP contribution in [0.4, 0.5) is 0 Å². The van der Waals surface area contributed by atoms with Crippen molar-refractivity contribution in [2.45, 2.75) is 6.10 Å². The van der Waals surface area contributed by atoms with Crippen molar-refractivity contribution in [1.29, 1.82) is 0 Å². The molecule has 0 amide bonds. The monoisotopic (exact) mass is 296 g/mol. The van der Waals surface area contributed by atoms with Gasteiger partial charge in [-0.15, -0.1) is 0 Å². The number of benzene rings is 1. The van der Waals surface area contributed by atoms with Crippen LogP contribution in [0.1, 0.15) is 0 Å². The molecule has 1 unspecified atom stereocenters. The van der Waals surface area contributed by atoms with Crippen molar-refractivity contribution in [3.8, 4) is 5.75 Å². The Morgan fingerprint density at radius 3 is 2.24 bits per heavy atom. The molecular weight excluding hydrogens is 268 g/mol. The molecule has 0 aliphatic carbocycles. The topological polar surface area (TPSA) is 91.6 Å². The zero-order chi connectivity index (χ0) is 15.2. The Hall–Kier alpha value is -1.18. The molecule has 1 aromatic carbocycles. The van der Waals surface area contributed by atoms with E-state index in [0.717, 1.165) is 38.5 Å². The normalized spacial score (nSPS) is 12.3. The lowest BCUT2D eigenvalue weighted by Gasteiger charge is -2.13. The number of rotatable bonds is 13. The minimum Gasteiger partial charge on any atom is -0.491 e. The fraction of sp³-hybridized carbons (Fsp3) is 0.600. The van der Waals surface area contributed by atoms with Crippen LogP contribution in [0.15, 0.2) is 30.3 Å². The predicted molar refractivity (Wildman–Crippen MR) is 85.6 cm³/mol. The molecule has 0 aliphatic rings. The van der Waals surface area contributed by atoms with E-state index in [1.165, 1.54) is 0 Å². The fourth-order valence-electron chi connectivity index (χ4n) is 1.74. The number of ether oxygens (including phenoxy) is 1. The van der Waals surface area contributed by atoms with E-state index >= 15 is 0 Å². The van der Waals surface area contributed by atoms with Crippen LogP contribution in [-0.4, -0.2) is 63.6 Å². The Morgan fingerprint density at radius 2 is 1.57 bits per heavy atom. The summed E-state index contributed by atoms with van der Waals surface area (Å²) in [5.41, 5.74) is 5.37. The van der Waals surface area contributed by atoms with Crippen molar-refractivity contribution in [2.24, 2.45) is 5.73 Å². The van der Waals surface area contributed by atoms with Crippen LogP contribution in [0, 0.1) is 0 Å². The summed E-state index contributed by atoms with van der Waals surface area (Å²) in [6.45, 7) is 5.88. The van der Waals surface area contributed by atoms with Crippen molar-refractivity contribution >= 4 is 0 Å². The smallest absolute Gasteiger partial charge is 0.119 e. The largest absolute Gasteiger partial charge is 0.491 e. The van der Waals surface area contributed by atoms with Gasteiger partial charge in [0, 0.05) is 45.8 Å². The summed E-state index contributed by atoms with van der Waals surface area (Å²) in [7, 11) is 0. The van der Waals surface area contributed by atoms with E-state index in [-0.39, 0.29) is 0 Å². The highest BCUT2D eigenvalue weighted by molar-refractivity contribution is 5.20. The van der Waals surface area contributed by atoms with Crippen molar-refractivity contribution in [1.82, 2.24) is 16.0 Å². The van der Waals surface area contributed by atoms with Crippen molar-refractivity contribution < 1.29 is 9.84 Å². The van der Waals surface area contributed by atoms with Crippen molar-refractivity contribution in [3.05, 3.63) is 30.3 Å². The Balaban J connectivity index is 1.88. The first kappa shape index (κ1) is 17.9. The number of aliphatic hydroxyl groups excluding tert-OH is 1. The fourth-order valence-corrected chi connectivity index (χ4v) is 1.74. The summed E-state index contributed by atoms with van der Waals surface area (Å²) in [5, 5.41) is 19.5. The number of para-hydroxylation sites is 1. The number of hydrogen-bond acceptors (Lipinski definition) is 6. The molecule has 0 heterocycles. The van der Waals surface area contributed by atoms with E-state index in [1.807, 2.05) is 30.3 Å². The van der Waals surface area contributed by atoms with Gasteiger partial charge in [-0.05, 0) is 12.1 Å². The second kappa shape index (κ2) is 12.6. The quantitative estimate of drug-likeness (QED) is 0.305. The highest BCUT2D eigenvalue weighted by Gasteiger charge is 2.04. The van der Waals surface area contributed by atoms with E-state index in [9.17, 15) is 5.11 Å². The summed E-state index contributed by atoms with van der Waals surface area (Å²) in [4.78, 5) is 0. The highest BCUT2D eigenvalue weighted by atomic mass is 16.5. The zero-order valence-corrected chi connectivity index (χ0v) is 12.6. The van der Waals surface area contributed by atoms with Gasteiger partial charge in [-0.25, -0.2) is 0 Å². The molecule has 0 saturated carbocycles. The first-order chi connectivity index (χ1) is 10.3. The van der Waals surface area contributed by atoms with Gasteiger partial charge in [-0.1, -0.05) is 18.2 Å². The molecule has 0 radical (unpaired) electrons. The molecule has 1 rings (SSSR count). The third kappa shape index (κ3) is 10.2. The van der Waals surface area contributed by atoms with Gasteiger partial charge in [0.05, 0.1) is 0 Å². The molecule has 1 atom stereocenters. The SMILES string of the molecule is NCCNCCNCCNCC(O)COc1ccccc1. The molecule has 0 bridgehead atoms. The second-order valence-electron chi connectivity index (χ2n) is 4.77. The summed E-state index contributed by atoms with van der Waals surface area (Å²) in [6.07, 6.45) is -0.503. The number of hydrogen-bond donors (Lipinski definition) is 5. The lowest BCUT2D eigenvalue weighted by molar-refractivity contribution is 0.106. The highest BCUT2D eigenvalue weighted by Crippen LogP contribution is 2.08. The van der Waals surface area contributed by atoms with Gasteiger partial charge in [0.15, 0.2) is 0 Å². The van der Waals surface area contributed by atoms with Gasteiger partial charge < -0.3 is 31.5 Å². The summed E-state index contributed by atoms with van der Waals surface area (Å²) >= 11 is 0. The Kier molecular flexibility index (Phi) is 10.7. The van der Waals surface area contributed by atoms with E-state index in [1.54, 1.807) is 0 Å². The summed E-state index contributed by atoms with van der Waals surface area (Å²) in [6, 6.07) is 9.51. The lowest BCUT2D eigenvalue weighted by atomic mass is 10.3.